The van der Waals surface area contributed by atoms with Gasteiger partial charge in [-0.1, -0.05) is 49.6 Å². The molecule has 0 saturated heterocycles. The lowest BCUT2D eigenvalue weighted by Crippen LogP contribution is -2.53. The Morgan fingerprint density at radius 3 is 2.58 bits per heavy atom. The number of carbonyl (C=O) groups excluding carboxylic acids is 2. The lowest BCUT2D eigenvalue weighted by atomic mass is 9.77. The number of benzene rings is 2. The molecule has 2 heterocycles. The molecular formula is C26H28N4O3. The fraction of sp³-hybridized carbons (Fsp3) is 0.385. The fourth-order valence-electron chi connectivity index (χ4n) is 5.33. The molecule has 7 nitrogen and oxygen atoms in total. The maximum absolute atomic E-state index is 13.2. The number of carbonyl (C=O) groups is 2. The monoisotopic (exact) mass is 444 g/mol. The third kappa shape index (κ3) is 4.03. The Kier molecular flexibility index (Phi) is 5.70. The topological polar surface area (TPSA) is 84.3 Å². The molecule has 5 rings (SSSR count). The molecule has 1 saturated carbocycles. The lowest BCUT2D eigenvalue weighted by Gasteiger charge is -2.44. The predicted molar refractivity (Wildman–Crippen MR) is 126 cm³/mol. The average Bonchev–Trinajstić information content (AvgIpc) is 3.19. The Labute approximate surface area is 192 Å². The van der Waals surface area contributed by atoms with Crippen LogP contribution >= 0.6 is 0 Å². The van der Waals surface area contributed by atoms with Gasteiger partial charge in [0.1, 0.15) is 0 Å². The van der Waals surface area contributed by atoms with Crippen LogP contribution in [-0.2, 0) is 17.9 Å². The van der Waals surface area contributed by atoms with Gasteiger partial charge in [0.25, 0.3) is 11.5 Å². The van der Waals surface area contributed by atoms with E-state index in [1.807, 2.05) is 47.4 Å². The Balaban J connectivity index is 1.26. The number of fused-ring (bicyclic) bond motifs is 2. The van der Waals surface area contributed by atoms with Crippen LogP contribution in [0.4, 0.5) is 0 Å². The van der Waals surface area contributed by atoms with Gasteiger partial charge in [-0.15, -0.1) is 0 Å². The van der Waals surface area contributed by atoms with Crippen LogP contribution in [0.3, 0.4) is 0 Å². The number of nitrogens with one attached hydrogen (secondary N) is 1. The van der Waals surface area contributed by atoms with Crippen LogP contribution < -0.4 is 10.9 Å². The van der Waals surface area contributed by atoms with Gasteiger partial charge in [0.15, 0.2) is 0 Å². The molecule has 0 radical (unpaired) electrons. The summed E-state index contributed by atoms with van der Waals surface area (Å²) >= 11 is 0. The van der Waals surface area contributed by atoms with E-state index < -0.39 is 5.54 Å². The van der Waals surface area contributed by atoms with E-state index >= 15 is 0 Å². The fourth-order valence-corrected chi connectivity index (χ4v) is 5.33. The van der Waals surface area contributed by atoms with Crippen molar-refractivity contribution < 1.29 is 9.59 Å². The maximum Gasteiger partial charge on any atom is 0.261 e. The summed E-state index contributed by atoms with van der Waals surface area (Å²) in [6, 6.07) is 15.0. The van der Waals surface area contributed by atoms with Gasteiger partial charge in [-0.3, -0.25) is 19.0 Å². The predicted octanol–water partition coefficient (Wildman–Crippen LogP) is 3.26. The van der Waals surface area contributed by atoms with E-state index in [0.29, 0.717) is 30.5 Å². The van der Waals surface area contributed by atoms with Gasteiger partial charge in [0.2, 0.25) is 5.91 Å². The van der Waals surface area contributed by atoms with Gasteiger partial charge < -0.3 is 10.2 Å². The molecule has 3 aromatic rings. The van der Waals surface area contributed by atoms with Gasteiger partial charge in [-0.2, -0.15) is 0 Å². The zero-order valence-corrected chi connectivity index (χ0v) is 18.6. The van der Waals surface area contributed by atoms with Crippen molar-refractivity contribution in [2.45, 2.75) is 57.2 Å². The van der Waals surface area contributed by atoms with E-state index in [-0.39, 0.29) is 23.8 Å². The van der Waals surface area contributed by atoms with Crippen LogP contribution in [0.15, 0.2) is 59.7 Å². The Bertz CT molecular complexity index is 1260. The zero-order valence-electron chi connectivity index (χ0n) is 18.6. The molecule has 0 unspecified atom stereocenters. The minimum Gasteiger partial charge on any atom is -0.354 e. The molecule has 0 bridgehead atoms. The Morgan fingerprint density at radius 2 is 1.76 bits per heavy atom. The highest BCUT2D eigenvalue weighted by Crippen LogP contribution is 2.41. The van der Waals surface area contributed by atoms with E-state index in [4.69, 9.17) is 0 Å². The molecule has 2 aromatic carbocycles. The first-order chi connectivity index (χ1) is 16.1. The number of rotatable bonds is 6. The minimum absolute atomic E-state index is 0.0362. The van der Waals surface area contributed by atoms with Crippen LogP contribution in [-0.4, -0.2) is 38.3 Å². The highest BCUT2D eigenvalue weighted by molar-refractivity contribution is 5.99. The van der Waals surface area contributed by atoms with Gasteiger partial charge >= 0.3 is 0 Å². The van der Waals surface area contributed by atoms with Crippen LogP contribution in [0.5, 0.6) is 0 Å². The molecule has 1 N–H and O–H groups in total. The molecule has 0 spiro atoms. The first-order valence-electron chi connectivity index (χ1n) is 11.7. The third-order valence-corrected chi connectivity index (χ3v) is 7.07. The summed E-state index contributed by atoms with van der Waals surface area (Å²) in [5.41, 5.74) is 1.90. The molecule has 1 aromatic heterocycles. The average molecular weight is 445 g/mol. The molecule has 170 valence electrons. The Hall–Kier alpha value is -3.48. The zero-order chi connectivity index (χ0) is 22.8. The van der Waals surface area contributed by atoms with Crippen molar-refractivity contribution in [3.63, 3.8) is 0 Å². The van der Waals surface area contributed by atoms with Crippen molar-refractivity contribution in [2.75, 3.05) is 6.54 Å². The van der Waals surface area contributed by atoms with Gasteiger partial charge in [-0.05, 0) is 36.6 Å². The lowest BCUT2D eigenvalue weighted by molar-refractivity contribution is -0.124. The molecule has 1 aliphatic carbocycles. The maximum atomic E-state index is 13.2. The van der Waals surface area contributed by atoms with Crippen molar-refractivity contribution >= 4 is 22.7 Å². The summed E-state index contributed by atoms with van der Waals surface area (Å²) in [5.74, 6) is -0.0449. The van der Waals surface area contributed by atoms with Crippen molar-refractivity contribution in [2.24, 2.45) is 0 Å². The van der Waals surface area contributed by atoms with E-state index in [1.165, 1.54) is 10.9 Å². The van der Waals surface area contributed by atoms with E-state index in [9.17, 15) is 14.4 Å². The van der Waals surface area contributed by atoms with Crippen LogP contribution in [0, 0.1) is 0 Å². The Morgan fingerprint density at radius 1 is 1.00 bits per heavy atom. The number of nitrogens with zero attached hydrogens (tertiary/aromatic N) is 3. The standard InChI is InChI=1S/C26H28N4O3/c31-23(27-14-15-29-18-28-22-11-5-4-10-21(22)24(29)32)16-26(12-6-1-7-13-26)30-17-19-8-2-3-9-20(19)25(30)33/h2-5,8-11,18H,1,6-7,12-17H2,(H,27,31). The number of para-hydroxylation sites is 1. The smallest absolute Gasteiger partial charge is 0.261 e. The third-order valence-electron chi connectivity index (χ3n) is 7.07. The number of hydrogen-bond donors (Lipinski definition) is 1. The van der Waals surface area contributed by atoms with Crippen LogP contribution in [0.1, 0.15) is 54.4 Å². The number of amides is 2. The SMILES string of the molecule is O=C(CC1(N2Cc3ccccc3C2=O)CCCCC1)NCCn1cnc2ccccc2c1=O. The normalized spacial score (nSPS) is 17.2. The summed E-state index contributed by atoms with van der Waals surface area (Å²) in [7, 11) is 0. The second-order valence-electron chi connectivity index (χ2n) is 9.12. The summed E-state index contributed by atoms with van der Waals surface area (Å²) in [4.78, 5) is 45.1. The van der Waals surface area contributed by atoms with Crippen molar-refractivity contribution in [1.82, 2.24) is 19.8 Å². The summed E-state index contributed by atoms with van der Waals surface area (Å²) in [5, 5.41) is 3.54. The number of aromatic nitrogens is 2. The van der Waals surface area contributed by atoms with E-state index in [1.54, 1.807) is 6.07 Å². The largest absolute Gasteiger partial charge is 0.354 e. The first-order valence-corrected chi connectivity index (χ1v) is 11.7. The van der Waals surface area contributed by atoms with Crippen molar-refractivity contribution in [3.05, 3.63) is 76.3 Å². The van der Waals surface area contributed by atoms with Gasteiger partial charge in [0, 0.05) is 31.6 Å². The second kappa shape index (κ2) is 8.81. The van der Waals surface area contributed by atoms with Crippen LogP contribution in [0.25, 0.3) is 10.9 Å². The van der Waals surface area contributed by atoms with Crippen molar-refractivity contribution in [3.8, 4) is 0 Å². The second-order valence-corrected chi connectivity index (χ2v) is 9.12. The first kappa shape index (κ1) is 21.4. The van der Waals surface area contributed by atoms with E-state index in [0.717, 1.165) is 43.2 Å². The summed E-state index contributed by atoms with van der Waals surface area (Å²) in [6.45, 7) is 1.26. The molecular weight excluding hydrogens is 416 g/mol. The van der Waals surface area contributed by atoms with Gasteiger partial charge in [0.05, 0.1) is 22.8 Å². The van der Waals surface area contributed by atoms with E-state index in [2.05, 4.69) is 10.3 Å². The quantitative estimate of drug-likeness (QED) is 0.633. The molecule has 33 heavy (non-hydrogen) atoms. The molecule has 1 fully saturated rings. The van der Waals surface area contributed by atoms with Gasteiger partial charge in [-0.25, -0.2) is 4.98 Å². The summed E-state index contributed by atoms with van der Waals surface area (Å²) in [6.07, 6.45) is 6.67. The van der Waals surface area contributed by atoms with Crippen molar-refractivity contribution in [1.29, 1.82) is 0 Å². The molecule has 0 atom stereocenters. The highest BCUT2D eigenvalue weighted by atomic mass is 16.2. The molecule has 2 aliphatic rings. The highest BCUT2D eigenvalue weighted by Gasteiger charge is 2.45. The summed E-state index contributed by atoms with van der Waals surface area (Å²) < 4.78 is 1.53. The minimum atomic E-state index is -0.445. The number of hydrogen-bond acceptors (Lipinski definition) is 4. The van der Waals surface area contributed by atoms with Crippen LogP contribution in [0.2, 0.25) is 0 Å². The molecule has 2 amide bonds. The molecule has 7 heteroatoms. The molecule has 1 aliphatic heterocycles.